The van der Waals surface area contributed by atoms with Gasteiger partial charge in [-0.15, -0.1) is 0 Å². The third-order valence-electron chi connectivity index (χ3n) is 7.49. The molecule has 0 aromatic heterocycles. The van der Waals surface area contributed by atoms with E-state index in [4.69, 9.17) is 9.47 Å². The summed E-state index contributed by atoms with van der Waals surface area (Å²) in [5, 5.41) is 13.3. The molecule has 0 fully saturated rings. The van der Waals surface area contributed by atoms with Crippen LogP contribution in [0, 0.1) is 0 Å². The lowest BCUT2D eigenvalue weighted by Gasteiger charge is -2.20. The van der Waals surface area contributed by atoms with E-state index in [1.54, 1.807) is 60.7 Å². The van der Waals surface area contributed by atoms with Gasteiger partial charge in [-0.1, -0.05) is 89.8 Å². The van der Waals surface area contributed by atoms with Gasteiger partial charge in [0.2, 0.25) is 0 Å². The van der Waals surface area contributed by atoms with Gasteiger partial charge in [0.15, 0.2) is 0 Å². The van der Waals surface area contributed by atoms with Gasteiger partial charge in [-0.3, -0.25) is 15.0 Å². The number of unbranched alkanes of at least 4 members (excludes halogenated alkanes) is 4. The number of rotatable bonds is 16. The van der Waals surface area contributed by atoms with Crippen LogP contribution in [-0.4, -0.2) is 42.6 Å². The van der Waals surface area contributed by atoms with E-state index >= 15 is 0 Å². The fourth-order valence-corrected chi connectivity index (χ4v) is 4.66. The first kappa shape index (κ1) is 35.3. The first-order chi connectivity index (χ1) is 21.5. The van der Waals surface area contributed by atoms with Crippen LogP contribution in [0.5, 0.6) is 5.75 Å². The molecular formula is C36H47N3O6. The lowest BCUT2D eigenvalue weighted by molar-refractivity contribution is -0.142. The molecule has 45 heavy (non-hydrogen) atoms. The number of aliphatic hydroxyl groups excluding tert-OH is 1. The Hall–Kier alpha value is -4.21. The molecule has 3 aromatic rings. The van der Waals surface area contributed by atoms with E-state index in [-0.39, 0.29) is 17.7 Å². The molecule has 0 saturated carbocycles. The number of amides is 2. The molecule has 1 unspecified atom stereocenters. The highest BCUT2D eigenvalue weighted by Crippen LogP contribution is 2.22. The second-order valence-corrected chi connectivity index (χ2v) is 12.1. The number of aliphatic hydroxyl groups is 1. The predicted molar refractivity (Wildman–Crippen MR) is 175 cm³/mol. The molecule has 0 aliphatic carbocycles. The van der Waals surface area contributed by atoms with Crippen LogP contribution in [-0.2, 0) is 21.4 Å². The number of carbonyl (C=O) groups is 3. The first-order valence-electron chi connectivity index (χ1n) is 15.6. The van der Waals surface area contributed by atoms with Crippen molar-refractivity contribution < 1.29 is 29.0 Å². The average molecular weight is 618 g/mol. The third kappa shape index (κ3) is 11.3. The zero-order valence-corrected chi connectivity index (χ0v) is 27.0. The summed E-state index contributed by atoms with van der Waals surface area (Å²) in [7, 11) is 1.28. The molecule has 2 amide bonds. The molecule has 0 aliphatic heterocycles. The second-order valence-electron chi connectivity index (χ2n) is 12.1. The minimum atomic E-state index is -1.18. The van der Waals surface area contributed by atoms with Gasteiger partial charge in [-0.25, -0.2) is 10.2 Å². The number of nitrogens with one attached hydrogen (secondary N) is 3. The summed E-state index contributed by atoms with van der Waals surface area (Å²) in [5.74, 6) is -0.636. The van der Waals surface area contributed by atoms with Gasteiger partial charge in [-0.2, -0.15) is 0 Å². The van der Waals surface area contributed by atoms with Gasteiger partial charge in [0, 0.05) is 17.5 Å². The van der Waals surface area contributed by atoms with E-state index in [1.807, 2.05) is 12.1 Å². The van der Waals surface area contributed by atoms with Crippen molar-refractivity contribution in [2.24, 2.45) is 0 Å². The van der Waals surface area contributed by atoms with Crippen LogP contribution < -0.4 is 20.9 Å². The molecule has 9 heteroatoms. The van der Waals surface area contributed by atoms with Crippen molar-refractivity contribution in [1.29, 1.82) is 0 Å². The normalized spacial score (nSPS) is 12.6. The van der Waals surface area contributed by atoms with Crippen molar-refractivity contribution in [1.82, 2.24) is 16.2 Å². The van der Waals surface area contributed by atoms with E-state index in [2.05, 4.69) is 43.9 Å². The number of hydrogen-bond acceptors (Lipinski definition) is 7. The Balaban J connectivity index is 1.50. The maximum Gasteiger partial charge on any atom is 0.328 e. The molecule has 0 radical (unpaired) electrons. The molecule has 0 saturated heterocycles. The molecule has 3 rings (SSSR count). The number of benzene rings is 3. The summed E-state index contributed by atoms with van der Waals surface area (Å²) in [6, 6.07) is 20.1. The SMILES string of the molecule is CCCCCCCOc1ccc(C(=O)NNC(O)c2ccc(C[C@H](NC(=O)c3ccc(C(C)(C)C)cc3)C(=O)OC)cc2)cc1. The first-order valence-corrected chi connectivity index (χ1v) is 15.6. The summed E-state index contributed by atoms with van der Waals surface area (Å²) in [5.41, 5.74) is 8.29. The van der Waals surface area contributed by atoms with Gasteiger partial charge in [-0.05, 0) is 64.9 Å². The summed E-state index contributed by atoms with van der Waals surface area (Å²) < 4.78 is 10.7. The highest BCUT2D eigenvalue weighted by atomic mass is 16.5. The van der Waals surface area contributed by atoms with Crippen LogP contribution in [0.1, 0.15) is 103 Å². The number of hydrazine groups is 1. The zero-order valence-electron chi connectivity index (χ0n) is 27.0. The van der Waals surface area contributed by atoms with Crippen molar-refractivity contribution in [2.45, 2.75) is 83.9 Å². The summed E-state index contributed by atoms with van der Waals surface area (Å²) in [4.78, 5) is 38.0. The lowest BCUT2D eigenvalue weighted by atomic mass is 9.86. The number of methoxy groups -OCH3 is 1. The predicted octanol–water partition coefficient (Wildman–Crippen LogP) is 5.77. The highest BCUT2D eigenvalue weighted by Gasteiger charge is 2.23. The molecule has 0 bridgehead atoms. The van der Waals surface area contributed by atoms with E-state index < -0.39 is 24.1 Å². The Labute approximate surface area is 266 Å². The largest absolute Gasteiger partial charge is 0.494 e. The Bertz CT molecular complexity index is 1370. The molecule has 3 aromatic carbocycles. The minimum absolute atomic E-state index is 0.0425. The van der Waals surface area contributed by atoms with Gasteiger partial charge >= 0.3 is 5.97 Å². The Morgan fingerprint density at radius 1 is 0.800 bits per heavy atom. The van der Waals surface area contributed by atoms with Gasteiger partial charge < -0.3 is 19.9 Å². The number of hydrogen-bond donors (Lipinski definition) is 4. The molecule has 242 valence electrons. The van der Waals surface area contributed by atoms with Crippen LogP contribution in [0.2, 0.25) is 0 Å². The zero-order chi connectivity index (χ0) is 32.8. The fraction of sp³-hybridized carbons (Fsp3) is 0.417. The van der Waals surface area contributed by atoms with E-state index in [9.17, 15) is 19.5 Å². The van der Waals surface area contributed by atoms with Crippen LogP contribution in [0.15, 0.2) is 72.8 Å². The van der Waals surface area contributed by atoms with Crippen LogP contribution >= 0.6 is 0 Å². The van der Waals surface area contributed by atoms with Gasteiger partial charge in [0.25, 0.3) is 11.8 Å². The van der Waals surface area contributed by atoms with Crippen LogP contribution in [0.4, 0.5) is 0 Å². The maximum atomic E-state index is 12.9. The standard InChI is InChI=1S/C36H47N3O6/c1-6-7-8-9-10-23-45-30-21-17-28(18-22-30)34(42)39-38-33(41)27-13-11-25(12-14-27)24-31(35(43)44-5)37-32(40)26-15-19-29(20-16-26)36(2,3)4/h11-22,31,33,38,41H,6-10,23-24H2,1-5H3,(H,37,40)(H,39,42)/t31-,33?/m0/s1. The summed E-state index contributed by atoms with van der Waals surface area (Å²) in [6.45, 7) is 9.12. The Morgan fingerprint density at radius 2 is 1.40 bits per heavy atom. The summed E-state index contributed by atoms with van der Waals surface area (Å²) >= 11 is 0. The van der Waals surface area contributed by atoms with Crippen molar-refractivity contribution in [3.8, 4) is 5.75 Å². The maximum absolute atomic E-state index is 12.9. The minimum Gasteiger partial charge on any atom is -0.494 e. The molecular weight excluding hydrogens is 570 g/mol. The molecule has 4 N–H and O–H groups in total. The molecule has 2 atom stereocenters. The quantitative estimate of drug-likeness (QED) is 0.0696. The highest BCUT2D eigenvalue weighted by molar-refractivity contribution is 5.97. The fourth-order valence-electron chi connectivity index (χ4n) is 4.66. The second kappa shape index (κ2) is 17.3. The van der Waals surface area contributed by atoms with E-state index in [0.717, 1.165) is 24.0 Å². The van der Waals surface area contributed by atoms with Crippen molar-refractivity contribution in [2.75, 3.05) is 13.7 Å². The van der Waals surface area contributed by atoms with E-state index in [0.29, 0.717) is 29.0 Å². The summed E-state index contributed by atoms with van der Waals surface area (Å²) in [6.07, 6.45) is 4.82. The average Bonchev–Trinajstić information content (AvgIpc) is 3.04. The number of carbonyl (C=O) groups excluding carboxylic acids is 3. The third-order valence-corrected chi connectivity index (χ3v) is 7.49. The topological polar surface area (TPSA) is 126 Å². The van der Waals surface area contributed by atoms with Gasteiger partial charge in [0.1, 0.15) is 18.0 Å². The number of ether oxygens (including phenoxy) is 2. The van der Waals surface area contributed by atoms with Crippen molar-refractivity contribution >= 4 is 17.8 Å². The smallest absolute Gasteiger partial charge is 0.328 e. The molecule has 9 nitrogen and oxygen atoms in total. The lowest BCUT2D eigenvalue weighted by Crippen LogP contribution is -2.43. The van der Waals surface area contributed by atoms with Crippen LogP contribution in [0.3, 0.4) is 0 Å². The number of esters is 1. The van der Waals surface area contributed by atoms with Crippen molar-refractivity contribution in [3.05, 3.63) is 101 Å². The van der Waals surface area contributed by atoms with Crippen LogP contribution in [0.25, 0.3) is 0 Å². The Morgan fingerprint density at radius 3 is 2.00 bits per heavy atom. The van der Waals surface area contributed by atoms with E-state index in [1.165, 1.54) is 26.4 Å². The Kier molecular flexibility index (Phi) is 13.6. The van der Waals surface area contributed by atoms with Gasteiger partial charge in [0.05, 0.1) is 13.7 Å². The molecule has 0 heterocycles. The molecule has 0 spiro atoms. The van der Waals surface area contributed by atoms with Crippen molar-refractivity contribution in [3.63, 3.8) is 0 Å². The molecule has 0 aliphatic rings. The monoisotopic (exact) mass is 617 g/mol.